The van der Waals surface area contributed by atoms with E-state index in [4.69, 9.17) is 0 Å². The predicted octanol–water partition coefficient (Wildman–Crippen LogP) is -0.138. The van der Waals surface area contributed by atoms with Gasteiger partial charge in [0.25, 0.3) is 0 Å². The predicted molar refractivity (Wildman–Crippen MR) is 99.8 cm³/mol. The molecule has 0 bridgehead atoms. The fourth-order valence-electron chi connectivity index (χ4n) is 2.92. The van der Waals surface area contributed by atoms with Crippen LogP contribution in [-0.4, -0.2) is 71.0 Å². The van der Waals surface area contributed by atoms with Crippen molar-refractivity contribution < 1.29 is 13.2 Å². The first-order chi connectivity index (χ1) is 12.9. The van der Waals surface area contributed by atoms with E-state index in [1.807, 2.05) is 6.07 Å². The first-order valence-electron chi connectivity index (χ1n) is 8.74. The number of nitrogens with one attached hydrogen (secondary N) is 2. The van der Waals surface area contributed by atoms with Gasteiger partial charge in [-0.2, -0.15) is 5.10 Å². The molecule has 11 heteroatoms. The van der Waals surface area contributed by atoms with Crippen LogP contribution in [0.25, 0.3) is 5.82 Å². The Morgan fingerprint density at radius 1 is 1.22 bits per heavy atom. The molecule has 2 aromatic heterocycles. The molecule has 0 unspecified atom stereocenters. The van der Waals surface area contributed by atoms with Crippen LogP contribution in [0.15, 0.2) is 30.6 Å². The molecule has 0 aromatic carbocycles. The minimum atomic E-state index is -3.17. The van der Waals surface area contributed by atoms with E-state index in [9.17, 15) is 13.2 Å². The molecule has 0 saturated carbocycles. The Bertz CT molecular complexity index is 845. The molecule has 1 aliphatic rings. The average molecular weight is 393 g/mol. The lowest BCUT2D eigenvalue weighted by molar-refractivity contribution is -0.126. The molecule has 1 saturated heterocycles. The highest BCUT2D eigenvalue weighted by atomic mass is 32.2. The van der Waals surface area contributed by atoms with Crippen molar-refractivity contribution in [1.29, 1.82) is 0 Å². The number of aromatic nitrogens is 4. The fourth-order valence-corrected chi connectivity index (χ4v) is 3.79. The highest BCUT2D eigenvalue weighted by Crippen LogP contribution is 2.19. The van der Waals surface area contributed by atoms with Crippen molar-refractivity contribution in [1.82, 2.24) is 29.6 Å². The van der Waals surface area contributed by atoms with E-state index in [-0.39, 0.29) is 11.8 Å². The van der Waals surface area contributed by atoms with Crippen LogP contribution >= 0.6 is 0 Å². The highest BCUT2D eigenvalue weighted by molar-refractivity contribution is 7.88. The van der Waals surface area contributed by atoms with Crippen LogP contribution in [0.2, 0.25) is 0 Å². The Labute approximate surface area is 158 Å². The van der Waals surface area contributed by atoms with E-state index in [1.54, 1.807) is 29.2 Å². The van der Waals surface area contributed by atoms with E-state index >= 15 is 0 Å². The lowest BCUT2D eigenvalue weighted by Gasteiger charge is -2.29. The van der Waals surface area contributed by atoms with Crippen molar-refractivity contribution in [2.75, 3.05) is 37.8 Å². The average Bonchev–Trinajstić information content (AvgIpc) is 3.20. The standard InChI is InChI=1S/C16H23N7O3S/c1-27(25,26)22-11-5-13(6-12-22)16(24)18-9-8-17-14-3-4-15(21-20-14)23-10-2-7-19-23/h2-4,7,10,13H,5-6,8-9,11-12H2,1H3,(H,17,20)(H,18,24). The summed E-state index contributed by atoms with van der Waals surface area (Å²) in [6, 6.07) is 5.41. The van der Waals surface area contributed by atoms with Crippen LogP contribution in [0.3, 0.4) is 0 Å². The van der Waals surface area contributed by atoms with Crippen LogP contribution in [0.1, 0.15) is 12.8 Å². The zero-order valence-electron chi connectivity index (χ0n) is 15.1. The van der Waals surface area contributed by atoms with Crippen molar-refractivity contribution in [3.05, 3.63) is 30.6 Å². The van der Waals surface area contributed by atoms with Gasteiger partial charge in [0.1, 0.15) is 5.82 Å². The van der Waals surface area contributed by atoms with Gasteiger partial charge in [0.15, 0.2) is 5.82 Å². The number of carbonyl (C=O) groups is 1. The maximum Gasteiger partial charge on any atom is 0.223 e. The Balaban J connectivity index is 1.37. The molecule has 0 atom stereocenters. The lowest BCUT2D eigenvalue weighted by Crippen LogP contribution is -2.43. The number of carbonyl (C=O) groups excluding carboxylic acids is 1. The number of sulfonamides is 1. The molecule has 0 spiro atoms. The normalized spacial score (nSPS) is 16.2. The number of hydrogen-bond acceptors (Lipinski definition) is 7. The van der Waals surface area contributed by atoms with Crippen molar-refractivity contribution in [2.45, 2.75) is 12.8 Å². The zero-order chi connectivity index (χ0) is 19.3. The molecule has 146 valence electrons. The van der Waals surface area contributed by atoms with E-state index in [2.05, 4.69) is 25.9 Å². The van der Waals surface area contributed by atoms with Gasteiger partial charge in [-0.1, -0.05) is 0 Å². The third-order valence-electron chi connectivity index (χ3n) is 4.41. The molecule has 0 aliphatic carbocycles. The lowest BCUT2D eigenvalue weighted by atomic mass is 9.97. The molecule has 3 heterocycles. The first kappa shape index (κ1) is 19.2. The quantitative estimate of drug-likeness (QED) is 0.628. The topological polar surface area (TPSA) is 122 Å². The Morgan fingerprint density at radius 3 is 2.59 bits per heavy atom. The second kappa shape index (κ2) is 8.44. The second-order valence-corrected chi connectivity index (χ2v) is 8.36. The Morgan fingerprint density at radius 2 is 2.00 bits per heavy atom. The van der Waals surface area contributed by atoms with Gasteiger partial charge < -0.3 is 10.6 Å². The van der Waals surface area contributed by atoms with Crippen LogP contribution in [0.4, 0.5) is 5.82 Å². The summed E-state index contributed by atoms with van der Waals surface area (Å²) in [5.74, 6) is 1.06. The van der Waals surface area contributed by atoms with Crippen LogP contribution < -0.4 is 10.6 Å². The fraction of sp³-hybridized carbons (Fsp3) is 0.500. The van der Waals surface area contributed by atoms with Gasteiger partial charge in [0.05, 0.1) is 6.26 Å². The van der Waals surface area contributed by atoms with Gasteiger partial charge >= 0.3 is 0 Å². The summed E-state index contributed by atoms with van der Waals surface area (Å²) in [5.41, 5.74) is 0. The summed E-state index contributed by atoms with van der Waals surface area (Å²) in [5, 5.41) is 18.2. The van der Waals surface area contributed by atoms with Gasteiger partial charge in [-0.15, -0.1) is 10.2 Å². The molecular weight excluding hydrogens is 370 g/mol. The molecule has 2 N–H and O–H groups in total. The number of nitrogens with zero attached hydrogens (tertiary/aromatic N) is 5. The van der Waals surface area contributed by atoms with Crippen molar-refractivity contribution >= 4 is 21.7 Å². The number of piperidine rings is 1. The SMILES string of the molecule is CS(=O)(=O)N1CCC(C(=O)NCCNc2ccc(-n3cccn3)nn2)CC1. The van der Waals surface area contributed by atoms with E-state index < -0.39 is 10.0 Å². The molecule has 2 aromatic rings. The molecule has 27 heavy (non-hydrogen) atoms. The summed E-state index contributed by atoms with van der Waals surface area (Å²) < 4.78 is 26.0. The molecule has 1 amide bonds. The van der Waals surface area contributed by atoms with Crippen molar-refractivity contribution in [3.63, 3.8) is 0 Å². The summed E-state index contributed by atoms with van der Waals surface area (Å²) >= 11 is 0. The molecular formula is C16H23N7O3S. The minimum absolute atomic E-state index is 0.0370. The smallest absolute Gasteiger partial charge is 0.223 e. The molecule has 1 aliphatic heterocycles. The van der Waals surface area contributed by atoms with E-state index in [0.717, 1.165) is 0 Å². The van der Waals surface area contributed by atoms with Crippen molar-refractivity contribution in [2.24, 2.45) is 5.92 Å². The molecule has 1 fully saturated rings. The largest absolute Gasteiger partial charge is 0.367 e. The Hall–Kier alpha value is -2.53. The third-order valence-corrected chi connectivity index (χ3v) is 5.72. The zero-order valence-corrected chi connectivity index (χ0v) is 15.9. The second-order valence-electron chi connectivity index (χ2n) is 6.38. The van der Waals surface area contributed by atoms with Gasteiger partial charge in [0, 0.05) is 44.5 Å². The maximum absolute atomic E-state index is 12.2. The first-order valence-corrected chi connectivity index (χ1v) is 10.6. The Kier molecular flexibility index (Phi) is 6.01. The maximum atomic E-state index is 12.2. The summed E-state index contributed by atoms with van der Waals surface area (Å²) in [7, 11) is -3.17. The number of amides is 1. The third kappa shape index (κ3) is 5.23. The van der Waals surface area contributed by atoms with Gasteiger partial charge in [0.2, 0.25) is 15.9 Å². The molecule has 10 nitrogen and oxygen atoms in total. The summed E-state index contributed by atoms with van der Waals surface area (Å²) in [6.07, 6.45) is 5.75. The van der Waals surface area contributed by atoms with Gasteiger partial charge in [-0.25, -0.2) is 17.4 Å². The van der Waals surface area contributed by atoms with Gasteiger partial charge in [-0.3, -0.25) is 4.79 Å². The van der Waals surface area contributed by atoms with Crippen LogP contribution in [-0.2, 0) is 14.8 Å². The van der Waals surface area contributed by atoms with Crippen molar-refractivity contribution in [3.8, 4) is 5.82 Å². The minimum Gasteiger partial charge on any atom is -0.367 e. The summed E-state index contributed by atoms with van der Waals surface area (Å²) in [6.45, 7) is 1.76. The molecule has 3 rings (SSSR count). The van der Waals surface area contributed by atoms with Crippen LogP contribution in [0.5, 0.6) is 0 Å². The van der Waals surface area contributed by atoms with E-state index in [1.165, 1.54) is 10.6 Å². The highest BCUT2D eigenvalue weighted by Gasteiger charge is 2.28. The van der Waals surface area contributed by atoms with Gasteiger partial charge in [-0.05, 0) is 31.0 Å². The summed E-state index contributed by atoms with van der Waals surface area (Å²) in [4.78, 5) is 12.2. The number of anilines is 1. The number of rotatable bonds is 7. The van der Waals surface area contributed by atoms with E-state index in [0.29, 0.717) is 50.7 Å². The molecule has 0 radical (unpaired) electrons. The monoisotopic (exact) mass is 393 g/mol. The van der Waals surface area contributed by atoms with Crippen LogP contribution in [0, 0.1) is 5.92 Å². The number of hydrogen-bond donors (Lipinski definition) is 2.